The first-order chi connectivity index (χ1) is 23.8. The van der Waals surface area contributed by atoms with Gasteiger partial charge in [-0.05, 0) is 73.7 Å². The van der Waals surface area contributed by atoms with Crippen LogP contribution in [-0.2, 0) is 30.3 Å². The fourth-order valence-electron chi connectivity index (χ4n) is 7.60. The summed E-state index contributed by atoms with van der Waals surface area (Å²) in [7, 11) is 0. The summed E-state index contributed by atoms with van der Waals surface area (Å²) in [5, 5.41) is 13.4. The molecule has 3 aromatic carbocycles. The minimum Gasteiger partial charge on any atom is -0.512 e. The Morgan fingerprint density at radius 2 is 1.55 bits per heavy atom. The molecule has 0 saturated heterocycles. The van der Waals surface area contributed by atoms with Gasteiger partial charge in [0, 0.05) is 58.5 Å². The van der Waals surface area contributed by atoms with E-state index in [0.29, 0.717) is 11.3 Å². The van der Waals surface area contributed by atoms with Crippen molar-refractivity contribution in [1.82, 2.24) is 9.97 Å². The van der Waals surface area contributed by atoms with Crippen LogP contribution in [0.5, 0.6) is 0 Å². The molecule has 1 aliphatic rings. The summed E-state index contributed by atoms with van der Waals surface area (Å²) < 4.78 is 2.57. The zero-order valence-electron chi connectivity index (χ0n) is 32.2. The molecule has 1 N–H and O–H groups in total. The number of aliphatic hydroxyl groups is 1. The van der Waals surface area contributed by atoms with Crippen molar-refractivity contribution in [3.05, 3.63) is 83.9 Å². The Balaban J connectivity index is 0.000000312. The molecular weight excluding hydrogens is 825 g/mol. The first-order valence-electron chi connectivity index (χ1n) is 18.9. The molecule has 0 unspecified atom stereocenters. The second-order valence-corrected chi connectivity index (χ2v) is 17.1. The molecule has 1 radical (unpaired) electrons. The number of carbonyl (C=O) groups excluding carboxylic acids is 1. The summed E-state index contributed by atoms with van der Waals surface area (Å²) in [5.41, 5.74) is 6.48. The third kappa shape index (κ3) is 9.18. The largest absolute Gasteiger partial charge is 0.512 e. The van der Waals surface area contributed by atoms with Gasteiger partial charge in [0.25, 0.3) is 0 Å². The standard InChI is InChI=1S/C32H33N2S.C13H24O2.Ir/c1-31(2,3)26-18-22(17-21-9-6-7-10-23(21)26)27-30-28(34-19-33-27)25-12-8-11-24(29(25)35-30)20-13-15-32(4,5)16-14-20;1-5-10(6-2)12(14)9-13(15)11(7-3)8-4;/h6-12,18-20H,13-16H2,1-5H3;9-11,14H,5-8H2,1-4H3;/q-1;;/b;12-9-;. The van der Waals surface area contributed by atoms with E-state index in [1.165, 1.54) is 63.1 Å². The van der Waals surface area contributed by atoms with Crippen molar-refractivity contribution in [3.63, 3.8) is 0 Å². The molecule has 6 heteroatoms. The molecule has 51 heavy (non-hydrogen) atoms. The molecule has 0 aliphatic heterocycles. The van der Waals surface area contributed by atoms with Gasteiger partial charge in [-0.3, -0.25) is 9.78 Å². The molecule has 0 atom stereocenters. The van der Waals surface area contributed by atoms with Crippen LogP contribution in [-0.4, -0.2) is 20.9 Å². The average Bonchev–Trinajstić information content (AvgIpc) is 3.48. The number of nitrogens with zero attached hydrogens (tertiary/aromatic N) is 2. The Morgan fingerprint density at radius 3 is 2.18 bits per heavy atom. The second-order valence-electron chi connectivity index (χ2n) is 16.1. The summed E-state index contributed by atoms with van der Waals surface area (Å²) in [6.45, 7) is 19.7. The number of carbonyl (C=O) groups is 1. The van der Waals surface area contributed by atoms with Crippen LogP contribution in [0.4, 0.5) is 0 Å². The monoisotopic (exact) mass is 882 g/mol. The Labute approximate surface area is 323 Å². The van der Waals surface area contributed by atoms with E-state index in [-0.39, 0.29) is 48.9 Å². The van der Waals surface area contributed by atoms with E-state index >= 15 is 0 Å². The summed E-state index contributed by atoms with van der Waals surface area (Å²) in [5.74, 6) is 1.18. The van der Waals surface area contributed by atoms with E-state index in [0.717, 1.165) is 47.8 Å². The quantitative estimate of drug-likeness (QED) is 0.0910. The topological polar surface area (TPSA) is 63.1 Å². The Morgan fingerprint density at radius 1 is 0.922 bits per heavy atom. The molecule has 6 rings (SSSR count). The Bertz CT molecular complexity index is 1970. The normalized spacial score (nSPS) is 15.3. The predicted molar refractivity (Wildman–Crippen MR) is 214 cm³/mol. The molecule has 2 heterocycles. The molecule has 1 aliphatic carbocycles. The number of ketones is 1. The zero-order valence-corrected chi connectivity index (χ0v) is 35.4. The maximum absolute atomic E-state index is 11.7. The number of thiophene rings is 1. The number of benzene rings is 3. The van der Waals surface area contributed by atoms with Gasteiger partial charge in [-0.2, -0.15) is 0 Å². The van der Waals surface area contributed by atoms with Crippen molar-refractivity contribution in [2.24, 2.45) is 17.3 Å². The van der Waals surface area contributed by atoms with Gasteiger partial charge in [-0.25, -0.2) is 4.98 Å². The number of rotatable bonds is 9. The molecule has 275 valence electrons. The molecule has 0 amide bonds. The van der Waals surface area contributed by atoms with Crippen LogP contribution < -0.4 is 0 Å². The van der Waals surface area contributed by atoms with Crippen LogP contribution in [0.3, 0.4) is 0 Å². The predicted octanol–water partition coefficient (Wildman–Crippen LogP) is 13.3. The maximum atomic E-state index is 11.7. The van der Waals surface area contributed by atoms with Gasteiger partial charge >= 0.3 is 0 Å². The number of allylic oxidation sites excluding steroid dienone is 2. The van der Waals surface area contributed by atoms with E-state index in [2.05, 4.69) is 89.2 Å². The Hall–Kier alpha value is -2.92. The smallest absolute Gasteiger partial charge is 0.162 e. The molecule has 5 aromatic rings. The van der Waals surface area contributed by atoms with Crippen LogP contribution in [0.1, 0.15) is 131 Å². The minimum atomic E-state index is 0. The summed E-state index contributed by atoms with van der Waals surface area (Å²) in [6, 6.07) is 21.4. The van der Waals surface area contributed by atoms with Gasteiger partial charge in [-0.15, -0.1) is 40.5 Å². The third-order valence-corrected chi connectivity index (χ3v) is 12.3. The molecule has 1 fully saturated rings. The van der Waals surface area contributed by atoms with Gasteiger partial charge in [0.15, 0.2) is 5.78 Å². The van der Waals surface area contributed by atoms with Crippen molar-refractivity contribution in [2.45, 2.75) is 125 Å². The fraction of sp³-hybridized carbons (Fsp3) is 0.489. The number of aliphatic hydroxyl groups excluding tert-OH is 1. The van der Waals surface area contributed by atoms with Crippen LogP contribution in [0.15, 0.2) is 66.7 Å². The third-order valence-electron chi connectivity index (χ3n) is 11.0. The molecule has 4 nitrogen and oxygen atoms in total. The summed E-state index contributed by atoms with van der Waals surface area (Å²) in [4.78, 5) is 21.3. The van der Waals surface area contributed by atoms with E-state index in [1.807, 2.05) is 39.0 Å². The van der Waals surface area contributed by atoms with Crippen molar-refractivity contribution < 1.29 is 30.0 Å². The van der Waals surface area contributed by atoms with Crippen molar-refractivity contribution in [1.29, 1.82) is 0 Å². The van der Waals surface area contributed by atoms with Crippen LogP contribution >= 0.6 is 11.3 Å². The number of aromatic nitrogens is 2. The van der Waals surface area contributed by atoms with Gasteiger partial charge in [-0.1, -0.05) is 110 Å². The van der Waals surface area contributed by atoms with Crippen LogP contribution in [0.25, 0.3) is 42.3 Å². The van der Waals surface area contributed by atoms with E-state index < -0.39 is 0 Å². The fourth-order valence-corrected chi connectivity index (χ4v) is 8.95. The molecule has 0 spiro atoms. The number of hydrogen-bond acceptors (Lipinski definition) is 5. The Kier molecular flexibility index (Phi) is 13.8. The van der Waals surface area contributed by atoms with Gasteiger partial charge in [0.05, 0.1) is 11.3 Å². The summed E-state index contributed by atoms with van der Waals surface area (Å²) >= 11 is 1.88. The SMILES string of the molecule is CC1(C)CCC(c2cccc3c2sc2c(-c4[c-]c5ccccc5c(C(C)(C)C)c4)ncnc23)CC1.CCC(CC)C(=O)/C=C(\O)C(CC)CC.[Ir]. The minimum absolute atomic E-state index is 0. The van der Waals surface area contributed by atoms with Gasteiger partial charge < -0.3 is 5.11 Å². The number of fused-ring (bicyclic) bond motifs is 4. The molecule has 0 bridgehead atoms. The second kappa shape index (κ2) is 17.3. The van der Waals surface area contributed by atoms with Crippen molar-refractivity contribution in [3.8, 4) is 11.3 Å². The van der Waals surface area contributed by atoms with Gasteiger partial charge in [0.1, 0.15) is 6.33 Å². The van der Waals surface area contributed by atoms with Crippen molar-refractivity contribution >= 4 is 48.2 Å². The van der Waals surface area contributed by atoms with Crippen LogP contribution in [0, 0.1) is 23.3 Å². The first kappa shape index (κ1) is 40.8. The average molecular weight is 882 g/mol. The van der Waals surface area contributed by atoms with Crippen molar-refractivity contribution in [2.75, 3.05) is 0 Å². The maximum Gasteiger partial charge on any atom is 0.162 e. The summed E-state index contributed by atoms with van der Waals surface area (Å²) in [6.07, 6.45) is 11.8. The number of hydrogen-bond donors (Lipinski definition) is 1. The van der Waals surface area contributed by atoms with E-state index in [4.69, 9.17) is 9.97 Å². The van der Waals surface area contributed by atoms with E-state index in [9.17, 15) is 9.90 Å². The van der Waals surface area contributed by atoms with E-state index in [1.54, 1.807) is 6.33 Å². The van der Waals surface area contributed by atoms with Crippen LogP contribution in [0.2, 0.25) is 0 Å². The first-order valence-corrected chi connectivity index (χ1v) is 19.7. The molecule has 2 aromatic heterocycles. The zero-order chi connectivity index (χ0) is 36.2. The van der Waals surface area contributed by atoms with Gasteiger partial charge in [0.2, 0.25) is 0 Å². The molecular formula is C45H57IrN2O2S-. The molecule has 1 saturated carbocycles.